The van der Waals surface area contributed by atoms with E-state index in [1.807, 2.05) is 6.20 Å². The number of hydrogen-bond acceptors (Lipinski definition) is 1. The quantitative estimate of drug-likeness (QED) is 0.667. The molecular weight excluding hydrogens is 146 g/mol. The summed E-state index contributed by atoms with van der Waals surface area (Å²) in [5, 5.41) is 0. The Morgan fingerprint density at radius 2 is 2.00 bits per heavy atom. The second-order valence-corrected chi connectivity index (χ2v) is 3.20. The zero-order chi connectivity index (χ0) is 8.97. The van der Waals surface area contributed by atoms with Crippen LogP contribution in [0.1, 0.15) is 37.1 Å². The maximum Gasteiger partial charge on any atom is 0.0375 e. The molecule has 0 saturated heterocycles. The third kappa shape index (κ3) is 2.07. The number of aryl methyl sites for hydroxylation is 3. The van der Waals surface area contributed by atoms with Gasteiger partial charge in [0.2, 0.25) is 0 Å². The van der Waals surface area contributed by atoms with Gasteiger partial charge in [-0.05, 0) is 37.0 Å². The second kappa shape index (κ2) is 4.24. The Bertz CT molecular complexity index is 253. The fraction of sp³-hybridized carbons (Fsp3) is 0.545. The Morgan fingerprint density at radius 1 is 1.25 bits per heavy atom. The molecule has 1 nitrogen and oxygen atoms in total. The molecule has 0 fully saturated rings. The van der Waals surface area contributed by atoms with Crippen LogP contribution < -0.4 is 0 Å². The van der Waals surface area contributed by atoms with Crippen molar-refractivity contribution in [2.45, 2.75) is 40.0 Å². The molecular formula is C11H17N. The molecule has 1 aromatic heterocycles. The minimum absolute atomic E-state index is 1.10. The van der Waals surface area contributed by atoms with Crippen molar-refractivity contribution >= 4 is 0 Å². The standard InChI is InChI=1S/C11H17N/c1-4-6-11-7-9(3)12-8-10(11)5-2/h7-8H,4-6H2,1-3H3. The molecule has 0 aliphatic heterocycles. The molecule has 0 bridgehead atoms. The Balaban J connectivity index is 2.95. The lowest BCUT2D eigenvalue weighted by molar-refractivity contribution is 0.887. The summed E-state index contributed by atoms with van der Waals surface area (Å²) in [4.78, 5) is 4.29. The normalized spacial score (nSPS) is 10.2. The van der Waals surface area contributed by atoms with E-state index in [2.05, 4.69) is 31.8 Å². The predicted octanol–water partition coefficient (Wildman–Crippen LogP) is 2.90. The van der Waals surface area contributed by atoms with E-state index in [-0.39, 0.29) is 0 Å². The van der Waals surface area contributed by atoms with Crippen molar-refractivity contribution in [3.8, 4) is 0 Å². The number of rotatable bonds is 3. The number of nitrogens with zero attached hydrogens (tertiary/aromatic N) is 1. The summed E-state index contributed by atoms with van der Waals surface area (Å²) >= 11 is 0. The summed E-state index contributed by atoms with van der Waals surface area (Å²) in [6.45, 7) is 6.46. The first kappa shape index (κ1) is 9.24. The van der Waals surface area contributed by atoms with Gasteiger partial charge < -0.3 is 0 Å². The molecule has 1 rings (SSSR count). The van der Waals surface area contributed by atoms with Crippen LogP contribution in [0.15, 0.2) is 12.3 Å². The minimum atomic E-state index is 1.10. The van der Waals surface area contributed by atoms with Crippen LogP contribution in [-0.4, -0.2) is 4.98 Å². The molecule has 0 saturated carbocycles. The molecule has 0 amide bonds. The van der Waals surface area contributed by atoms with Crippen LogP contribution in [0.4, 0.5) is 0 Å². The minimum Gasteiger partial charge on any atom is -0.261 e. The molecule has 0 atom stereocenters. The van der Waals surface area contributed by atoms with Crippen LogP contribution in [-0.2, 0) is 12.8 Å². The highest BCUT2D eigenvalue weighted by Crippen LogP contribution is 2.11. The first-order chi connectivity index (χ1) is 5.77. The summed E-state index contributed by atoms with van der Waals surface area (Å²) in [5.74, 6) is 0. The van der Waals surface area contributed by atoms with Crippen LogP contribution in [0.25, 0.3) is 0 Å². The Hall–Kier alpha value is -0.850. The molecule has 0 spiro atoms. The van der Waals surface area contributed by atoms with Crippen LogP contribution in [0.2, 0.25) is 0 Å². The second-order valence-electron chi connectivity index (χ2n) is 3.20. The molecule has 0 aliphatic rings. The third-order valence-corrected chi connectivity index (χ3v) is 2.12. The van der Waals surface area contributed by atoms with Gasteiger partial charge in [0, 0.05) is 11.9 Å². The van der Waals surface area contributed by atoms with Gasteiger partial charge in [0.05, 0.1) is 0 Å². The fourth-order valence-corrected chi connectivity index (χ4v) is 1.47. The van der Waals surface area contributed by atoms with Crippen molar-refractivity contribution in [2.75, 3.05) is 0 Å². The van der Waals surface area contributed by atoms with E-state index in [0.29, 0.717) is 0 Å². The molecule has 66 valence electrons. The molecule has 0 radical (unpaired) electrons. The van der Waals surface area contributed by atoms with Gasteiger partial charge in [-0.15, -0.1) is 0 Å². The zero-order valence-corrected chi connectivity index (χ0v) is 8.22. The van der Waals surface area contributed by atoms with E-state index in [1.165, 1.54) is 24.0 Å². The fourth-order valence-electron chi connectivity index (χ4n) is 1.47. The van der Waals surface area contributed by atoms with Gasteiger partial charge in [0.25, 0.3) is 0 Å². The zero-order valence-electron chi connectivity index (χ0n) is 8.22. The Labute approximate surface area is 74.8 Å². The smallest absolute Gasteiger partial charge is 0.0375 e. The van der Waals surface area contributed by atoms with Crippen molar-refractivity contribution in [2.24, 2.45) is 0 Å². The van der Waals surface area contributed by atoms with Gasteiger partial charge in [0.15, 0.2) is 0 Å². The highest BCUT2D eigenvalue weighted by atomic mass is 14.7. The van der Waals surface area contributed by atoms with Gasteiger partial charge in [-0.2, -0.15) is 0 Å². The Morgan fingerprint density at radius 3 is 2.58 bits per heavy atom. The molecule has 1 heterocycles. The van der Waals surface area contributed by atoms with Crippen LogP contribution >= 0.6 is 0 Å². The number of aromatic nitrogens is 1. The van der Waals surface area contributed by atoms with Crippen molar-refractivity contribution in [1.82, 2.24) is 4.98 Å². The number of pyridine rings is 1. The summed E-state index contributed by atoms with van der Waals surface area (Å²) in [6, 6.07) is 2.21. The first-order valence-corrected chi connectivity index (χ1v) is 4.72. The van der Waals surface area contributed by atoms with Crippen molar-refractivity contribution < 1.29 is 0 Å². The third-order valence-electron chi connectivity index (χ3n) is 2.12. The maximum absolute atomic E-state index is 4.29. The molecule has 1 heteroatoms. The SMILES string of the molecule is CCCc1cc(C)ncc1CC. The van der Waals surface area contributed by atoms with E-state index in [9.17, 15) is 0 Å². The lowest BCUT2D eigenvalue weighted by atomic mass is 10.0. The monoisotopic (exact) mass is 163 g/mol. The lowest BCUT2D eigenvalue weighted by Gasteiger charge is -2.06. The molecule has 0 aliphatic carbocycles. The van der Waals surface area contributed by atoms with E-state index in [4.69, 9.17) is 0 Å². The molecule has 0 N–H and O–H groups in total. The lowest BCUT2D eigenvalue weighted by Crippen LogP contribution is -1.95. The van der Waals surface area contributed by atoms with Crippen LogP contribution in [0, 0.1) is 6.92 Å². The molecule has 0 unspecified atom stereocenters. The van der Waals surface area contributed by atoms with E-state index in [0.717, 1.165) is 12.1 Å². The van der Waals surface area contributed by atoms with Gasteiger partial charge in [-0.25, -0.2) is 0 Å². The highest BCUT2D eigenvalue weighted by Gasteiger charge is 1.99. The van der Waals surface area contributed by atoms with Gasteiger partial charge in [-0.1, -0.05) is 20.3 Å². The van der Waals surface area contributed by atoms with E-state index in [1.54, 1.807) is 0 Å². The average molecular weight is 163 g/mol. The average Bonchev–Trinajstić information content (AvgIpc) is 2.05. The van der Waals surface area contributed by atoms with Crippen molar-refractivity contribution in [3.05, 3.63) is 29.1 Å². The van der Waals surface area contributed by atoms with Crippen molar-refractivity contribution in [3.63, 3.8) is 0 Å². The maximum atomic E-state index is 4.29. The van der Waals surface area contributed by atoms with Gasteiger partial charge in [-0.3, -0.25) is 4.98 Å². The Kier molecular flexibility index (Phi) is 3.27. The van der Waals surface area contributed by atoms with Crippen LogP contribution in [0.3, 0.4) is 0 Å². The predicted molar refractivity (Wildman–Crippen MR) is 52.3 cm³/mol. The largest absolute Gasteiger partial charge is 0.261 e. The number of hydrogen-bond donors (Lipinski definition) is 0. The summed E-state index contributed by atoms with van der Waals surface area (Å²) in [7, 11) is 0. The first-order valence-electron chi connectivity index (χ1n) is 4.72. The highest BCUT2D eigenvalue weighted by molar-refractivity contribution is 5.26. The molecule has 12 heavy (non-hydrogen) atoms. The summed E-state index contributed by atoms with van der Waals surface area (Å²) in [6.07, 6.45) is 5.52. The molecule has 0 aromatic carbocycles. The topological polar surface area (TPSA) is 12.9 Å². The van der Waals surface area contributed by atoms with Crippen molar-refractivity contribution in [1.29, 1.82) is 0 Å². The van der Waals surface area contributed by atoms with E-state index >= 15 is 0 Å². The summed E-state index contributed by atoms with van der Waals surface area (Å²) < 4.78 is 0. The summed E-state index contributed by atoms with van der Waals surface area (Å²) in [5.41, 5.74) is 4.02. The van der Waals surface area contributed by atoms with Gasteiger partial charge >= 0.3 is 0 Å². The van der Waals surface area contributed by atoms with E-state index < -0.39 is 0 Å². The van der Waals surface area contributed by atoms with Gasteiger partial charge in [0.1, 0.15) is 0 Å². The van der Waals surface area contributed by atoms with Crippen LogP contribution in [0.5, 0.6) is 0 Å². The molecule has 1 aromatic rings.